The van der Waals surface area contributed by atoms with Gasteiger partial charge < -0.3 is 14.5 Å². The standard InChI is InChI=1S/C22H24N2O3/c1-26-19-10-6-9-16-13-20(27-21(16)19)22(25)23-14-17-7-2-3-8-18(17)15-24-11-4-5-12-24/h2-3,6-10,13H,4-5,11-12,14-15H2,1H3,(H,23,25). The molecule has 3 aromatic rings. The summed E-state index contributed by atoms with van der Waals surface area (Å²) in [6, 6.07) is 15.7. The zero-order valence-corrected chi connectivity index (χ0v) is 15.5. The number of fused-ring (bicyclic) bond motifs is 1. The number of ether oxygens (including phenoxy) is 1. The average molecular weight is 364 g/mol. The van der Waals surface area contributed by atoms with Crippen LogP contribution in [0.25, 0.3) is 11.0 Å². The second kappa shape index (κ2) is 7.84. The first-order valence-electron chi connectivity index (χ1n) is 9.38. The largest absolute Gasteiger partial charge is 0.493 e. The number of amides is 1. The molecule has 1 saturated heterocycles. The highest BCUT2D eigenvalue weighted by molar-refractivity contribution is 5.97. The summed E-state index contributed by atoms with van der Waals surface area (Å²) in [5.41, 5.74) is 3.01. The lowest BCUT2D eigenvalue weighted by Crippen LogP contribution is -2.24. The number of benzene rings is 2. The van der Waals surface area contributed by atoms with E-state index in [0.29, 0.717) is 23.6 Å². The van der Waals surface area contributed by atoms with Crippen LogP contribution in [0, 0.1) is 0 Å². The minimum absolute atomic E-state index is 0.218. The highest BCUT2D eigenvalue weighted by Crippen LogP contribution is 2.28. The van der Waals surface area contributed by atoms with Crippen LogP contribution in [0.1, 0.15) is 34.5 Å². The second-order valence-electron chi connectivity index (χ2n) is 6.92. The van der Waals surface area contributed by atoms with Gasteiger partial charge in [0.15, 0.2) is 17.1 Å². The number of likely N-dealkylation sites (tertiary alicyclic amines) is 1. The van der Waals surface area contributed by atoms with Crippen molar-refractivity contribution < 1.29 is 13.9 Å². The van der Waals surface area contributed by atoms with E-state index in [9.17, 15) is 4.79 Å². The fourth-order valence-corrected chi connectivity index (χ4v) is 3.64. The molecular weight excluding hydrogens is 340 g/mol. The van der Waals surface area contributed by atoms with Gasteiger partial charge in [-0.25, -0.2) is 0 Å². The summed E-state index contributed by atoms with van der Waals surface area (Å²) in [6.45, 7) is 3.73. The van der Waals surface area contributed by atoms with Gasteiger partial charge in [-0.3, -0.25) is 9.69 Å². The molecule has 1 aliphatic rings. The maximum Gasteiger partial charge on any atom is 0.287 e. The number of nitrogens with zero attached hydrogens (tertiary/aromatic N) is 1. The number of para-hydroxylation sites is 1. The van der Waals surface area contributed by atoms with Crippen LogP contribution < -0.4 is 10.1 Å². The fourth-order valence-electron chi connectivity index (χ4n) is 3.64. The Morgan fingerprint density at radius 1 is 1.11 bits per heavy atom. The van der Waals surface area contributed by atoms with Crippen molar-refractivity contribution in [3.63, 3.8) is 0 Å². The Labute approximate surface area is 158 Å². The second-order valence-corrected chi connectivity index (χ2v) is 6.92. The fraction of sp³-hybridized carbons (Fsp3) is 0.318. The van der Waals surface area contributed by atoms with Crippen molar-refractivity contribution in [3.05, 3.63) is 65.4 Å². The molecular formula is C22H24N2O3. The van der Waals surface area contributed by atoms with E-state index < -0.39 is 0 Å². The lowest BCUT2D eigenvalue weighted by molar-refractivity contribution is 0.0925. The maximum atomic E-state index is 12.6. The normalized spacial score (nSPS) is 14.6. The van der Waals surface area contributed by atoms with Gasteiger partial charge in [-0.2, -0.15) is 0 Å². The molecule has 0 atom stereocenters. The first-order chi connectivity index (χ1) is 13.2. The van der Waals surface area contributed by atoms with Crippen molar-refractivity contribution in [2.45, 2.75) is 25.9 Å². The molecule has 1 amide bonds. The van der Waals surface area contributed by atoms with Crippen molar-refractivity contribution >= 4 is 16.9 Å². The average Bonchev–Trinajstić information content (AvgIpc) is 3.36. The van der Waals surface area contributed by atoms with E-state index in [4.69, 9.17) is 9.15 Å². The number of hydrogen-bond donors (Lipinski definition) is 1. The molecule has 1 aromatic heterocycles. The zero-order valence-electron chi connectivity index (χ0n) is 15.5. The third-order valence-electron chi connectivity index (χ3n) is 5.10. The molecule has 1 N–H and O–H groups in total. The number of nitrogens with one attached hydrogen (secondary N) is 1. The van der Waals surface area contributed by atoms with E-state index in [1.807, 2.05) is 24.3 Å². The van der Waals surface area contributed by atoms with Gasteiger partial charge in [-0.05, 0) is 49.2 Å². The molecule has 1 fully saturated rings. The number of rotatable bonds is 6. The van der Waals surface area contributed by atoms with Gasteiger partial charge in [-0.1, -0.05) is 36.4 Å². The van der Waals surface area contributed by atoms with Crippen molar-refractivity contribution in [3.8, 4) is 5.75 Å². The monoisotopic (exact) mass is 364 g/mol. The van der Waals surface area contributed by atoms with E-state index in [0.717, 1.165) is 30.6 Å². The van der Waals surface area contributed by atoms with Gasteiger partial charge in [-0.15, -0.1) is 0 Å². The highest BCUT2D eigenvalue weighted by atomic mass is 16.5. The molecule has 0 saturated carbocycles. The molecule has 0 spiro atoms. The third-order valence-corrected chi connectivity index (χ3v) is 5.10. The molecule has 2 aromatic carbocycles. The van der Waals surface area contributed by atoms with Gasteiger partial charge in [0.1, 0.15) is 0 Å². The highest BCUT2D eigenvalue weighted by Gasteiger charge is 2.16. The molecule has 0 radical (unpaired) electrons. The summed E-state index contributed by atoms with van der Waals surface area (Å²) in [6.07, 6.45) is 2.54. The van der Waals surface area contributed by atoms with Crippen LogP contribution in [0.2, 0.25) is 0 Å². The van der Waals surface area contributed by atoms with Gasteiger partial charge in [0, 0.05) is 18.5 Å². The van der Waals surface area contributed by atoms with Crippen molar-refractivity contribution in [1.29, 1.82) is 0 Å². The minimum atomic E-state index is -0.218. The molecule has 5 nitrogen and oxygen atoms in total. The van der Waals surface area contributed by atoms with Crippen LogP contribution in [0.3, 0.4) is 0 Å². The Bertz CT molecular complexity index is 942. The van der Waals surface area contributed by atoms with E-state index in [-0.39, 0.29) is 5.91 Å². The summed E-state index contributed by atoms with van der Waals surface area (Å²) < 4.78 is 11.0. The minimum Gasteiger partial charge on any atom is -0.493 e. The summed E-state index contributed by atoms with van der Waals surface area (Å²) >= 11 is 0. The van der Waals surface area contributed by atoms with E-state index in [1.165, 1.54) is 18.4 Å². The van der Waals surface area contributed by atoms with Gasteiger partial charge in [0.2, 0.25) is 0 Å². The first kappa shape index (κ1) is 17.6. The van der Waals surface area contributed by atoms with Crippen LogP contribution in [-0.2, 0) is 13.1 Å². The molecule has 140 valence electrons. The number of hydrogen-bond acceptors (Lipinski definition) is 4. The van der Waals surface area contributed by atoms with E-state index in [1.54, 1.807) is 13.2 Å². The smallest absolute Gasteiger partial charge is 0.287 e. The maximum absolute atomic E-state index is 12.6. The summed E-state index contributed by atoms with van der Waals surface area (Å²) in [5, 5.41) is 3.84. The first-order valence-corrected chi connectivity index (χ1v) is 9.38. The quantitative estimate of drug-likeness (QED) is 0.719. The molecule has 0 aliphatic carbocycles. The number of furan rings is 1. The van der Waals surface area contributed by atoms with Crippen molar-refractivity contribution in [1.82, 2.24) is 10.2 Å². The summed E-state index contributed by atoms with van der Waals surface area (Å²) in [4.78, 5) is 15.1. The van der Waals surface area contributed by atoms with E-state index >= 15 is 0 Å². The van der Waals surface area contributed by atoms with Gasteiger partial charge >= 0.3 is 0 Å². The zero-order chi connectivity index (χ0) is 18.6. The lowest BCUT2D eigenvalue weighted by atomic mass is 10.1. The molecule has 0 bridgehead atoms. The molecule has 4 rings (SSSR count). The topological polar surface area (TPSA) is 54.7 Å². The van der Waals surface area contributed by atoms with E-state index in [2.05, 4.69) is 28.4 Å². The Balaban J connectivity index is 1.46. The van der Waals surface area contributed by atoms with Crippen molar-refractivity contribution in [2.24, 2.45) is 0 Å². The van der Waals surface area contributed by atoms with Gasteiger partial charge in [0.05, 0.1) is 7.11 Å². The Morgan fingerprint density at radius 2 is 1.89 bits per heavy atom. The lowest BCUT2D eigenvalue weighted by Gasteiger charge is -2.17. The van der Waals surface area contributed by atoms with Crippen LogP contribution >= 0.6 is 0 Å². The Morgan fingerprint density at radius 3 is 2.67 bits per heavy atom. The van der Waals surface area contributed by atoms with Crippen molar-refractivity contribution in [2.75, 3.05) is 20.2 Å². The molecule has 5 heteroatoms. The molecule has 0 unspecified atom stereocenters. The van der Waals surface area contributed by atoms with Crippen LogP contribution in [0.5, 0.6) is 5.75 Å². The Hall–Kier alpha value is -2.79. The summed E-state index contributed by atoms with van der Waals surface area (Å²) in [5.74, 6) is 0.707. The molecule has 1 aliphatic heterocycles. The van der Waals surface area contributed by atoms with Crippen LogP contribution in [-0.4, -0.2) is 31.0 Å². The van der Waals surface area contributed by atoms with Crippen LogP contribution in [0.4, 0.5) is 0 Å². The number of methoxy groups -OCH3 is 1. The molecule has 27 heavy (non-hydrogen) atoms. The van der Waals surface area contributed by atoms with Crippen LogP contribution in [0.15, 0.2) is 52.9 Å². The molecule has 2 heterocycles. The number of carbonyl (C=O) groups excluding carboxylic acids is 1. The predicted octanol–water partition coefficient (Wildman–Crippen LogP) is 3.97. The number of carbonyl (C=O) groups is 1. The SMILES string of the molecule is COc1cccc2cc(C(=O)NCc3ccccc3CN3CCCC3)oc12. The Kier molecular flexibility index (Phi) is 5.12. The summed E-state index contributed by atoms with van der Waals surface area (Å²) in [7, 11) is 1.59. The third kappa shape index (κ3) is 3.83. The predicted molar refractivity (Wildman–Crippen MR) is 105 cm³/mol. The van der Waals surface area contributed by atoms with Gasteiger partial charge in [0.25, 0.3) is 5.91 Å².